The van der Waals surface area contributed by atoms with E-state index in [1.807, 2.05) is 12.1 Å². The molecule has 1 aromatic carbocycles. The molecule has 0 spiro atoms. The lowest BCUT2D eigenvalue weighted by atomic mass is 10.2. The van der Waals surface area contributed by atoms with Gasteiger partial charge in [0.05, 0.1) is 0 Å². The van der Waals surface area contributed by atoms with E-state index in [0.717, 1.165) is 5.56 Å². The summed E-state index contributed by atoms with van der Waals surface area (Å²) in [5.41, 5.74) is 1.60. The Morgan fingerprint density at radius 1 is 1.18 bits per heavy atom. The Balaban J connectivity index is 2.16. The molecule has 4 nitrogen and oxygen atoms in total. The summed E-state index contributed by atoms with van der Waals surface area (Å²) in [6, 6.07) is 9.03. The summed E-state index contributed by atoms with van der Waals surface area (Å²) >= 11 is 5.40. The average Bonchev–Trinajstić information content (AvgIpc) is 2.40. The highest BCUT2D eigenvalue weighted by Crippen LogP contribution is 2.17. The van der Waals surface area contributed by atoms with Crippen LogP contribution in [-0.4, -0.2) is 21.8 Å². The first kappa shape index (κ1) is 11.5. The molecule has 5 heteroatoms. The number of nitrogens with zero attached hydrogens (tertiary/aromatic N) is 2. The molecule has 0 radical (unpaired) electrons. The Labute approximate surface area is 104 Å². The number of hydrogen-bond donors (Lipinski definition) is 1. The summed E-state index contributed by atoms with van der Waals surface area (Å²) in [6.07, 6.45) is 3.37. The van der Waals surface area contributed by atoms with E-state index >= 15 is 0 Å². The number of nitrogens with one attached hydrogen (secondary N) is 1. The molecule has 0 aliphatic carbocycles. The van der Waals surface area contributed by atoms with Crippen LogP contribution < -0.4 is 5.32 Å². The predicted octanol–water partition coefficient (Wildman–Crippen LogP) is 2.32. The Hall–Kier alpha value is -1.94. The second-order valence-corrected chi connectivity index (χ2v) is 3.60. The van der Waals surface area contributed by atoms with Gasteiger partial charge in [-0.2, -0.15) is 0 Å². The molecule has 2 aromatic rings. The van der Waals surface area contributed by atoms with E-state index in [1.54, 1.807) is 30.6 Å². The summed E-state index contributed by atoms with van der Waals surface area (Å²) in [7, 11) is 0. The van der Waals surface area contributed by atoms with Crippen molar-refractivity contribution in [3.8, 4) is 11.4 Å². The third-order valence-electron chi connectivity index (χ3n) is 2.11. The Kier molecular flexibility index (Phi) is 3.67. The van der Waals surface area contributed by atoms with Crippen molar-refractivity contribution in [2.75, 3.05) is 11.2 Å². The third kappa shape index (κ3) is 3.01. The zero-order valence-electron chi connectivity index (χ0n) is 8.93. The van der Waals surface area contributed by atoms with Gasteiger partial charge in [0.15, 0.2) is 5.82 Å². The van der Waals surface area contributed by atoms with Gasteiger partial charge in [-0.15, -0.1) is 11.6 Å². The van der Waals surface area contributed by atoms with Gasteiger partial charge in [-0.1, -0.05) is 0 Å². The zero-order valence-corrected chi connectivity index (χ0v) is 9.69. The van der Waals surface area contributed by atoms with Gasteiger partial charge in [-0.3, -0.25) is 4.79 Å². The monoisotopic (exact) mass is 247 g/mol. The first-order chi connectivity index (χ1) is 8.29. The molecule has 0 saturated carbocycles. The number of alkyl halides is 1. The van der Waals surface area contributed by atoms with E-state index in [4.69, 9.17) is 11.6 Å². The molecule has 17 heavy (non-hydrogen) atoms. The lowest BCUT2D eigenvalue weighted by Crippen LogP contribution is -2.12. The van der Waals surface area contributed by atoms with Crippen LogP contribution in [0.5, 0.6) is 0 Å². The second kappa shape index (κ2) is 5.41. The van der Waals surface area contributed by atoms with E-state index < -0.39 is 0 Å². The number of aromatic nitrogens is 2. The van der Waals surface area contributed by atoms with Crippen molar-refractivity contribution < 1.29 is 4.79 Å². The smallest absolute Gasteiger partial charge is 0.239 e. The molecule has 0 aliphatic rings. The van der Waals surface area contributed by atoms with Crippen LogP contribution in [0.4, 0.5) is 5.69 Å². The predicted molar refractivity (Wildman–Crippen MR) is 66.8 cm³/mol. The molecule has 0 unspecified atom stereocenters. The molecule has 0 saturated heterocycles. The van der Waals surface area contributed by atoms with Crippen LogP contribution in [0.25, 0.3) is 11.4 Å². The number of amides is 1. The van der Waals surface area contributed by atoms with E-state index in [1.165, 1.54) is 0 Å². The van der Waals surface area contributed by atoms with Crippen LogP contribution >= 0.6 is 11.6 Å². The number of halogens is 1. The van der Waals surface area contributed by atoms with Crippen LogP contribution in [0.3, 0.4) is 0 Å². The summed E-state index contributed by atoms with van der Waals surface area (Å²) in [4.78, 5) is 19.3. The van der Waals surface area contributed by atoms with E-state index in [2.05, 4.69) is 15.3 Å². The molecule has 1 amide bonds. The third-order valence-corrected chi connectivity index (χ3v) is 2.36. The molecular formula is C12H10ClN3O. The maximum Gasteiger partial charge on any atom is 0.239 e. The fourth-order valence-electron chi connectivity index (χ4n) is 1.35. The van der Waals surface area contributed by atoms with E-state index in [0.29, 0.717) is 11.5 Å². The van der Waals surface area contributed by atoms with E-state index in [-0.39, 0.29) is 11.8 Å². The molecule has 1 aromatic heterocycles. The number of carbonyl (C=O) groups is 1. The SMILES string of the molecule is O=C(CCl)Nc1ccc(-c2ncccn2)cc1. The largest absolute Gasteiger partial charge is 0.325 e. The molecule has 1 heterocycles. The topological polar surface area (TPSA) is 54.9 Å². The number of carbonyl (C=O) groups excluding carboxylic acids is 1. The van der Waals surface area contributed by atoms with Gasteiger partial charge in [0.1, 0.15) is 5.88 Å². The molecule has 0 fully saturated rings. The van der Waals surface area contributed by atoms with E-state index in [9.17, 15) is 4.79 Å². The molecule has 2 rings (SSSR count). The number of rotatable bonds is 3. The Bertz CT molecular complexity index is 499. The van der Waals surface area contributed by atoms with Crippen molar-refractivity contribution in [1.82, 2.24) is 9.97 Å². The summed E-state index contributed by atoms with van der Waals surface area (Å²) in [5.74, 6) is 0.377. The molecule has 0 atom stereocenters. The number of anilines is 1. The van der Waals surface area contributed by atoms with Crippen molar-refractivity contribution in [3.05, 3.63) is 42.7 Å². The average molecular weight is 248 g/mol. The van der Waals surface area contributed by atoms with Gasteiger partial charge in [0.2, 0.25) is 5.91 Å². The fraction of sp³-hybridized carbons (Fsp3) is 0.0833. The van der Waals surface area contributed by atoms with Crippen LogP contribution in [0.15, 0.2) is 42.7 Å². The first-order valence-corrected chi connectivity index (χ1v) is 5.56. The van der Waals surface area contributed by atoms with Crippen molar-refractivity contribution in [1.29, 1.82) is 0 Å². The highest BCUT2D eigenvalue weighted by molar-refractivity contribution is 6.29. The summed E-state index contributed by atoms with van der Waals surface area (Å²) in [5, 5.41) is 2.66. The van der Waals surface area contributed by atoms with Crippen molar-refractivity contribution in [3.63, 3.8) is 0 Å². The Morgan fingerprint density at radius 2 is 1.82 bits per heavy atom. The second-order valence-electron chi connectivity index (χ2n) is 3.33. The minimum atomic E-state index is -0.227. The molecule has 86 valence electrons. The van der Waals surface area contributed by atoms with Crippen LogP contribution in [0, 0.1) is 0 Å². The van der Waals surface area contributed by atoms with Crippen LogP contribution in [0.1, 0.15) is 0 Å². The number of hydrogen-bond acceptors (Lipinski definition) is 3. The fourth-order valence-corrected chi connectivity index (χ4v) is 1.41. The van der Waals surface area contributed by atoms with Crippen molar-refractivity contribution >= 4 is 23.2 Å². The Morgan fingerprint density at radius 3 is 2.41 bits per heavy atom. The highest BCUT2D eigenvalue weighted by Gasteiger charge is 2.02. The lowest BCUT2D eigenvalue weighted by molar-refractivity contribution is -0.113. The van der Waals surface area contributed by atoms with Gasteiger partial charge in [0.25, 0.3) is 0 Å². The minimum absolute atomic E-state index is 0.0520. The van der Waals surface area contributed by atoms with Crippen molar-refractivity contribution in [2.45, 2.75) is 0 Å². The minimum Gasteiger partial charge on any atom is -0.325 e. The maximum absolute atomic E-state index is 11.1. The molecule has 0 bridgehead atoms. The van der Waals surface area contributed by atoms with Crippen LogP contribution in [-0.2, 0) is 4.79 Å². The normalized spacial score (nSPS) is 9.94. The first-order valence-electron chi connectivity index (χ1n) is 5.03. The zero-order chi connectivity index (χ0) is 12.1. The standard InChI is InChI=1S/C12H10ClN3O/c13-8-11(17)16-10-4-2-9(3-5-10)12-14-6-1-7-15-12/h1-7H,8H2,(H,16,17). The molecule has 1 N–H and O–H groups in total. The van der Waals surface area contributed by atoms with Gasteiger partial charge in [-0.05, 0) is 30.3 Å². The molecular weight excluding hydrogens is 238 g/mol. The maximum atomic E-state index is 11.1. The highest BCUT2D eigenvalue weighted by atomic mass is 35.5. The van der Waals surface area contributed by atoms with Gasteiger partial charge < -0.3 is 5.32 Å². The quantitative estimate of drug-likeness (QED) is 0.847. The molecule has 0 aliphatic heterocycles. The van der Waals surface area contributed by atoms with Gasteiger partial charge in [0, 0.05) is 23.6 Å². The lowest BCUT2D eigenvalue weighted by Gasteiger charge is -2.04. The van der Waals surface area contributed by atoms with Gasteiger partial charge in [-0.25, -0.2) is 9.97 Å². The summed E-state index contributed by atoms with van der Waals surface area (Å²) < 4.78 is 0. The van der Waals surface area contributed by atoms with Crippen molar-refractivity contribution in [2.24, 2.45) is 0 Å². The van der Waals surface area contributed by atoms with Gasteiger partial charge >= 0.3 is 0 Å². The summed E-state index contributed by atoms with van der Waals surface area (Å²) in [6.45, 7) is 0. The van der Waals surface area contributed by atoms with Crippen LogP contribution in [0.2, 0.25) is 0 Å². The number of benzene rings is 1.